The van der Waals surface area contributed by atoms with Gasteiger partial charge in [0.1, 0.15) is 11.5 Å². The van der Waals surface area contributed by atoms with Gasteiger partial charge in [-0.15, -0.1) is 0 Å². The van der Waals surface area contributed by atoms with Crippen LogP contribution in [0.25, 0.3) is 39.9 Å². The molecule has 4 aromatic carbocycles. The second-order valence-corrected chi connectivity index (χ2v) is 9.60. The molecule has 0 saturated heterocycles. The van der Waals surface area contributed by atoms with Gasteiger partial charge < -0.3 is 4.74 Å². The van der Waals surface area contributed by atoms with E-state index < -0.39 is 0 Å². The molecule has 0 unspecified atom stereocenters. The summed E-state index contributed by atoms with van der Waals surface area (Å²) >= 11 is 0. The highest BCUT2D eigenvalue weighted by molar-refractivity contribution is 5.85. The summed E-state index contributed by atoms with van der Waals surface area (Å²) in [6.07, 6.45) is 14.1. The minimum absolute atomic E-state index is 0.775. The Morgan fingerprint density at radius 1 is 0.488 bits per heavy atom. The van der Waals surface area contributed by atoms with Crippen molar-refractivity contribution >= 4 is 17.4 Å². The van der Waals surface area contributed by atoms with Gasteiger partial charge in [0.15, 0.2) is 0 Å². The van der Waals surface area contributed by atoms with E-state index in [9.17, 15) is 0 Å². The van der Waals surface area contributed by atoms with Crippen molar-refractivity contribution < 1.29 is 9.15 Å². The Labute approximate surface area is 241 Å². The standard InChI is InChI=1S/C39H29O2/c1-6-16-30(17-7-1)34-26-36(40-38(28-34)32-20-10-3-11-21-32)24-14-5-15-25-37-27-35(31-18-8-2-9-19-31)29-39(41-37)33-22-12-4-13-23-33/h1-29H/q+1. The van der Waals surface area contributed by atoms with E-state index in [0.717, 1.165) is 56.4 Å². The number of hydrogen-bond acceptors (Lipinski definition) is 1. The summed E-state index contributed by atoms with van der Waals surface area (Å²) < 4.78 is 12.5. The van der Waals surface area contributed by atoms with Crippen molar-refractivity contribution in [2.75, 3.05) is 0 Å². The Morgan fingerprint density at radius 3 is 1.73 bits per heavy atom. The third-order valence-electron chi connectivity index (χ3n) is 6.70. The maximum Gasteiger partial charge on any atom is 0.361 e. The van der Waals surface area contributed by atoms with E-state index in [-0.39, 0.29) is 0 Å². The summed E-state index contributed by atoms with van der Waals surface area (Å²) in [5, 5.41) is 0. The zero-order valence-electron chi connectivity index (χ0n) is 22.6. The molecule has 0 aliphatic carbocycles. The molecule has 41 heavy (non-hydrogen) atoms. The van der Waals surface area contributed by atoms with Crippen LogP contribution in [0.4, 0.5) is 0 Å². The van der Waals surface area contributed by atoms with E-state index in [2.05, 4.69) is 97.1 Å². The molecule has 196 valence electrons. The van der Waals surface area contributed by atoms with E-state index in [0.29, 0.717) is 0 Å². The third kappa shape index (κ3) is 6.58. The van der Waals surface area contributed by atoms with Crippen LogP contribution in [0.3, 0.4) is 0 Å². The van der Waals surface area contributed by atoms with Gasteiger partial charge in [0, 0.05) is 17.2 Å². The molecule has 0 N–H and O–H groups in total. The van der Waals surface area contributed by atoms with Crippen molar-refractivity contribution in [2.45, 2.75) is 0 Å². The molecule has 0 amide bonds. The molecule has 2 nitrogen and oxygen atoms in total. The lowest BCUT2D eigenvalue weighted by molar-refractivity contribution is 0.398. The number of rotatable bonds is 7. The molecular formula is C39H29O2+. The molecular weight excluding hydrogens is 500 g/mol. The molecule has 2 heterocycles. The topological polar surface area (TPSA) is 20.5 Å². The summed E-state index contributed by atoms with van der Waals surface area (Å²) in [7, 11) is 0. The SMILES string of the molecule is C1=C(c2ccccc2)C=C(c2ccccc2)O\C1=C/C=C/C=C/c1cc(-c2ccccc2)cc(-c2ccccc2)[o+]1. The van der Waals surface area contributed by atoms with Gasteiger partial charge in [-0.3, -0.25) is 0 Å². The first-order chi connectivity index (χ1) is 20.3. The minimum Gasteiger partial charge on any atom is -0.457 e. The average molecular weight is 530 g/mol. The highest BCUT2D eigenvalue weighted by atomic mass is 16.5. The second kappa shape index (κ2) is 12.6. The predicted molar refractivity (Wildman–Crippen MR) is 170 cm³/mol. The summed E-state index contributed by atoms with van der Waals surface area (Å²) in [5.41, 5.74) is 6.59. The first-order valence-corrected chi connectivity index (χ1v) is 13.7. The monoisotopic (exact) mass is 529 g/mol. The average Bonchev–Trinajstić information content (AvgIpc) is 3.06. The van der Waals surface area contributed by atoms with Crippen molar-refractivity contribution in [1.29, 1.82) is 0 Å². The van der Waals surface area contributed by atoms with Crippen molar-refractivity contribution in [3.63, 3.8) is 0 Å². The lowest BCUT2D eigenvalue weighted by Gasteiger charge is -2.18. The quantitative estimate of drug-likeness (QED) is 0.154. The van der Waals surface area contributed by atoms with E-state index in [1.807, 2.05) is 78.9 Å². The van der Waals surface area contributed by atoms with Crippen LogP contribution in [0, 0.1) is 0 Å². The van der Waals surface area contributed by atoms with Gasteiger partial charge in [0.2, 0.25) is 0 Å². The van der Waals surface area contributed by atoms with Crippen molar-refractivity contribution in [1.82, 2.24) is 0 Å². The molecule has 0 saturated carbocycles. The van der Waals surface area contributed by atoms with Gasteiger partial charge in [-0.1, -0.05) is 127 Å². The molecule has 0 bridgehead atoms. The van der Waals surface area contributed by atoms with Crippen LogP contribution >= 0.6 is 0 Å². The van der Waals surface area contributed by atoms with Gasteiger partial charge in [0.05, 0.1) is 17.7 Å². The Morgan fingerprint density at radius 2 is 1.07 bits per heavy atom. The number of benzene rings is 4. The molecule has 1 aliphatic rings. The minimum atomic E-state index is 0.775. The fourth-order valence-corrected chi connectivity index (χ4v) is 4.66. The zero-order valence-corrected chi connectivity index (χ0v) is 22.6. The van der Waals surface area contributed by atoms with Crippen LogP contribution < -0.4 is 0 Å². The van der Waals surface area contributed by atoms with Gasteiger partial charge in [-0.2, -0.15) is 0 Å². The molecule has 0 radical (unpaired) electrons. The maximum atomic E-state index is 6.27. The van der Waals surface area contributed by atoms with Crippen molar-refractivity contribution in [3.8, 4) is 22.5 Å². The highest BCUT2D eigenvalue weighted by Gasteiger charge is 2.17. The highest BCUT2D eigenvalue weighted by Crippen LogP contribution is 2.32. The normalized spacial score (nSPS) is 14.2. The molecule has 1 aromatic heterocycles. The van der Waals surface area contributed by atoms with Gasteiger partial charge in [-0.25, -0.2) is 4.42 Å². The molecule has 1 aliphatic heterocycles. The lowest BCUT2D eigenvalue weighted by atomic mass is 10.0. The second-order valence-electron chi connectivity index (χ2n) is 9.60. The first-order valence-electron chi connectivity index (χ1n) is 13.7. The Bertz CT molecular complexity index is 1700. The zero-order chi connectivity index (χ0) is 27.7. The summed E-state index contributed by atoms with van der Waals surface area (Å²) in [6.45, 7) is 0. The van der Waals surface area contributed by atoms with Gasteiger partial charge in [-0.05, 0) is 47.1 Å². The molecule has 6 rings (SSSR count). The maximum absolute atomic E-state index is 6.27. The molecule has 5 aromatic rings. The van der Waals surface area contributed by atoms with E-state index >= 15 is 0 Å². The lowest BCUT2D eigenvalue weighted by Crippen LogP contribution is -1.98. The Kier molecular flexibility index (Phi) is 7.92. The summed E-state index contributed by atoms with van der Waals surface area (Å²) in [5.74, 6) is 3.20. The van der Waals surface area contributed by atoms with Crippen molar-refractivity contribution in [3.05, 3.63) is 193 Å². The van der Waals surface area contributed by atoms with Crippen LogP contribution in [0.2, 0.25) is 0 Å². The predicted octanol–water partition coefficient (Wildman–Crippen LogP) is 10.5. The molecule has 0 atom stereocenters. The summed E-state index contributed by atoms with van der Waals surface area (Å²) in [4.78, 5) is 0. The van der Waals surface area contributed by atoms with E-state index in [4.69, 9.17) is 9.15 Å². The largest absolute Gasteiger partial charge is 0.457 e. The fourth-order valence-electron chi connectivity index (χ4n) is 4.66. The van der Waals surface area contributed by atoms with E-state index in [1.165, 1.54) is 0 Å². The van der Waals surface area contributed by atoms with Crippen LogP contribution in [0.15, 0.2) is 180 Å². The number of hydrogen-bond donors (Lipinski definition) is 0. The first kappa shape index (κ1) is 25.8. The molecule has 0 fully saturated rings. The Balaban J connectivity index is 1.26. The number of ether oxygens (including phenoxy) is 1. The van der Waals surface area contributed by atoms with E-state index in [1.54, 1.807) is 0 Å². The van der Waals surface area contributed by atoms with Gasteiger partial charge >= 0.3 is 11.5 Å². The van der Waals surface area contributed by atoms with Crippen LogP contribution in [-0.2, 0) is 4.74 Å². The molecule has 0 spiro atoms. The summed E-state index contributed by atoms with van der Waals surface area (Å²) in [6, 6.07) is 45.3. The Hall–Kier alpha value is -5.47. The molecule has 2 heteroatoms. The van der Waals surface area contributed by atoms with Crippen LogP contribution in [0.5, 0.6) is 0 Å². The smallest absolute Gasteiger partial charge is 0.361 e. The fraction of sp³-hybridized carbons (Fsp3) is 0. The third-order valence-corrected chi connectivity index (χ3v) is 6.70. The number of allylic oxidation sites excluding steroid dienone is 7. The van der Waals surface area contributed by atoms with Gasteiger partial charge in [0.25, 0.3) is 0 Å². The van der Waals surface area contributed by atoms with Crippen LogP contribution in [0.1, 0.15) is 16.9 Å². The van der Waals surface area contributed by atoms with Crippen molar-refractivity contribution in [2.24, 2.45) is 0 Å². The van der Waals surface area contributed by atoms with Crippen LogP contribution in [-0.4, -0.2) is 0 Å².